The van der Waals surface area contributed by atoms with Gasteiger partial charge in [-0.3, -0.25) is 9.78 Å². The number of carbonyl (C=O) groups excluding carboxylic acids is 1. The predicted octanol–water partition coefficient (Wildman–Crippen LogP) is 3.83. The molecule has 0 spiro atoms. The lowest BCUT2D eigenvalue weighted by Crippen LogP contribution is -2.02. The molecule has 2 heterocycles. The van der Waals surface area contributed by atoms with Gasteiger partial charge in [-0.2, -0.15) is 0 Å². The molecule has 5 heteroatoms. The van der Waals surface area contributed by atoms with Crippen LogP contribution >= 0.6 is 0 Å². The molecule has 24 heavy (non-hydrogen) atoms. The lowest BCUT2D eigenvalue weighted by molar-refractivity contribution is 0.101. The van der Waals surface area contributed by atoms with Crippen LogP contribution in [0, 0.1) is 6.92 Å². The van der Waals surface area contributed by atoms with Gasteiger partial charge in [-0.1, -0.05) is 17.3 Å². The molecule has 5 nitrogen and oxygen atoms in total. The van der Waals surface area contributed by atoms with Gasteiger partial charge >= 0.3 is 0 Å². The molecule has 0 amide bonds. The molecule has 124 valence electrons. The van der Waals surface area contributed by atoms with Crippen LogP contribution in [0.3, 0.4) is 0 Å². The van der Waals surface area contributed by atoms with Gasteiger partial charge in [-0.25, -0.2) is 4.98 Å². The highest BCUT2D eigenvalue weighted by atomic mass is 16.6. The molecule has 0 unspecified atom stereocenters. The van der Waals surface area contributed by atoms with Crippen molar-refractivity contribution >= 4 is 17.6 Å². The van der Waals surface area contributed by atoms with Gasteiger partial charge < -0.3 is 4.84 Å². The second kappa shape index (κ2) is 8.15. The van der Waals surface area contributed by atoms with Crippen LogP contribution < -0.4 is 0 Å². The minimum atomic E-state index is -0.0509. The van der Waals surface area contributed by atoms with Gasteiger partial charge in [0.1, 0.15) is 18.0 Å². The van der Waals surface area contributed by atoms with Crippen molar-refractivity contribution in [1.29, 1.82) is 0 Å². The summed E-state index contributed by atoms with van der Waals surface area (Å²) in [6.45, 7) is 7.57. The molecular weight excluding hydrogens is 302 g/mol. The van der Waals surface area contributed by atoms with Gasteiger partial charge in [0.15, 0.2) is 5.78 Å². The minimum Gasteiger partial charge on any atom is -0.391 e. The van der Waals surface area contributed by atoms with E-state index in [0.717, 1.165) is 28.4 Å². The van der Waals surface area contributed by atoms with Crippen LogP contribution in [0.2, 0.25) is 0 Å². The highest BCUT2D eigenvalue weighted by Gasteiger charge is 2.02. The van der Waals surface area contributed by atoms with E-state index in [0.29, 0.717) is 12.3 Å². The summed E-state index contributed by atoms with van der Waals surface area (Å²) in [5.74, 6) is -0.0509. The minimum absolute atomic E-state index is 0.0509. The van der Waals surface area contributed by atoms with Crippen LogP contribution in [0.15, 0.2) is 47.1 Å². The van der Waals surface area contributed by atoms with E-state index in [2.05, 4.69) is 15.1 Å². The molecule has 0 atom stereocenters. The van der Waals surface area contributed by atoms with E-state index in [1.54, 1.807) is 6.07 Å². The Morgan fingerprint density at radius 3 is 2.50 bits per heavy atom. The number of carbonyl (C=O) groups is 1. The molecule has 2 rings (SSSR count). The lowest BCUT2D eigenvalue weighted by Gasteiger charge is -2.04. The summed E-state index contributed by atoms with van der Waals surface area (Å²) in [5, 5.41) is 4.10. The number of Topliss-reactive ketones (excluding diaryl/α,β-unsaturated/α-hetero) is 1. The third kappa shape index (κ3) is 5.12. The monoisotopic (exact) mass is 323 g/mol. The SMILES string of the molecule is CC(=O)c1cccc(C=C(C)CON=C(C)c2cccc(C)n2)n1. The van der Waals surface area contributed by atoms with Crippen molar-refractivity contribution in [3.8, 4) is 0 Å². The molecule has 0 saturated heterocycles. The molecule has 0 N–H and O–H groups in total. The Balaban J connectivity index is 1.99. The van der Waals surface area contributed by atoms with E-state index in [9.17, 15) is 4.79 Å². The van der Waals surface area contributed by atoms with Gasteiger partial charge in [0.05, 0.1) is 11.4 Å². The van der Waals surface area contributed by atoms with Gasteiger partial charge in [0.2, 0.25) is 0 Å². The van der Waals surface area contributed by atoms with E-state index >= 15 is 0 Å². The van der Waals surface area contributed by atoms with Crippen molar-refractivity contribution in [2.75, 3.05) is 6.61 Å². The average Bonchev–Trinajstić information content (AvgIpc) is 2.55. The van der Waals surface area contributed by atoms with Gasteiger partial charge in [-0.05, 0) is 56.7 Å². The molecular formula is C19H21N3O2. The van der Waals surface area contributed by atoms with Crippen LogP contribution in [-0.2, 0) is 4.84 Å². The first-order valence-corrected chi connectivity index (χ1v) is 7.71. The summed E-state index contributed by atoms with van der Waals surface area (Å²) in [4.78, 5) is 25.4. The van der Waals surface area contributed by atoms with E-state index in [1.807, 2.05) is 57.2 Å². The molecule has 0 aliphatic rings. The van der Waals surface area contributed by atoms with Crippen LogP contribution in [0.25, 0.3) is 6.08 Å². The first kappa shape index (κ1) is 17.5. The van der Waals surface area contributed by atoms with Crippen LogP contribution in [-0.4, -0.2) is 28.1 Å². The highest BCUT2D eigenvalue weighted by molar-refractivity contribution is 5.96. The topological polar surface area (TPSA) is 64.4 Å². The van der Waals surface area contributed by atoms with Crippen molar-refractivity contribution in [2.45, 2.75) is 27.7 Å². The van der Waals surface area contributed by atoms with E-state index in [1.165, 1.54) is 6.92 Å². The Bertz CT molecular complexity index is 795. The number of aromatic nitrogens is 2. The summed E-state index contributed by atoms with van der Waals surface area (Å²) in [6.07, 6.45) is 1.88. The Morgan fingerprint density at radius 1 is 1.08 bits per heavy atom. The zero-order valence-electron chi connectivity index (χ0n) is 14.4. The molecule has 2 aromatic heterocycles. The summed E-state index contributed by atoms with van der Waals surface area (Å²) in [5.41, 5.74) is 4.60. The molecule has 0 aliphatic carbocycles. The number of hydrogen-bond donors (Lipinski definition) is 0. The van der Waals surface area contributed by atoms with Gasteiger partial charge in [0.25, 0.3) is 0 Å². The second-order valence-electron chi connectivity index (χ2n) is 5.61. The number of nitrogens with zero attached hydrogens (tertiary/aromatic N) is 3. The van der Waals surface area contributed by atoms with Crippen LogP contribution in [0.5, 0.6) is 0 Å². The fourth-order valence-electron chi connectivity index (χ4n) is 2.04. The normalized spacial score (nSPS) is 12.2. The highest BCUT2D eigenvalue weighted by Crippen LogP contribution is 2.07. The van der Waals surface area contributed by atoms with Crippen molar-refractivity contribution in [3.05, 3.63) is 64.7 Å². The number of aryl methyl sites for hydroxylation is 1. The van der Waals surface area contributed by atoms with Gasteiger partial charge in [-0.15, -0.1) is 0 Å². The fraction of sp³-hybridized carbons (Fsp3) is 0.263. The molecule has 0 aliphatic heterocycles. The summed E-state index contributed by atoms with van der Waals surface area (Å²) < 4.78 is 0. The third-order valence-corrected chi connectivity index (χ3v) is 3.28. The van der Waals surface area contributed by atoms with Crippen molar-refractivity contribution < 1.29 is 9.63 Å². The molecule has 2 aromatic rings. The maximum absolute atomic E-state index is 11.4. The molecule has 0 saturated carbocycles. The van der Waals surface area contributed by atoms with E-state index < -0.39 is 0 Å². The smallest absolute Gasteiger partial charge is 0.178 e. The van der Waals surface area contributed by atoms with Crippen LogP contribution in [0.4, 0.5) is 0 Å². The Hall–Kier alpha value is -2.82. The maximum Gasteiger partial charge on any atom is 0.178 e. The van der Waals surface area contributed by atoms with Crippen molar-refractivity contribution in [2.24, 2.45) is 5.16 Å². The first-order chi connectivity index (χ1) is 11.5. The summed E-state index contributed by atoms with van der Waals surface area (Å²) in [7, 11) is 0. The van der Waals surface area contributed by atoms with Crippen LogP contribution in [0.1, 0.15) is 48.3 Å². The quantitative estimate of drug-likeness (QED) is 0.460. The van der Waals surface area contributed by atoms with Gasteiger partial charge in [0, 0.05) is 12.6 Å². The largest absolute Gasteiger partial charge is 0.391 e. The average molecular weight is 323 g/mol. The zero-order valence-corrected chi connectivity index (χ0v) is 14.4. The maximum atomic E-state index is 11.4. The predicted molar refractivity (Wildman–Crippen MR) is 95.0 cm³/mol. The van der Waals surface area contributed by atoms with Crippen molar-refractivity contribution in [3.63, 3.8) is 0 Å². The van der Waals surface area contributed by atoms with E-state index in [4.69, 9.17) is 4.84 Å². The number of hydrogen-bond acceptors (Lipinski definition) is 5. The van der Waals surface area contributed by atoms with E-state index in [-0.39, 0.29) is 5.78 Å². The Labute approximate surface area is 142 Å². The second-order valence-corrected chi connectivity index (χ2v) is 5.61. The molecule has 0 fully saturated rings. The third-order valence-electron chi connectivity index (χ3n) is 3.28. The molecule has 0 aromatic carbocycles. The number of pyridine rings is 2. The standard InChI is InChI=1S/C19H21N3O2/c1-13(11-17-8-6-10-19(21-17)16(4)23)12-24-22-15(3)18-9-5-7-14(2)20-18/h5-11H,12H2,1-4H3. The molecule has 0 bridgehead atoms. The lowest BCUT2D eigenvalue weighted by atomic mass is 10.2. The number of oxime groups is 1. The molecule has 0 radical (unpaired) electrons. The van der Waals surface area contributed by atoms with Crippen molar-refractivity contribution in [1.82, 2.24) is 9.97 Å². The zero-order chi connectivity index (χ0) is 17.5. The summed E-state index contributed by atoms with van der Waals surface area (Å²) in [6, 6.07) is 11.1. The number of ketones is 1. The number of rotatable bonds is 6. The Kier molecular flexibility index (Phi) is 5.95. The fourth-order valence-corrected chi connectivity index (χ4v) is 2.04. The summed E-state index contributed by atoms with van der Waals surface area (Å²) >= 11 is 0. The first-order valence-electron chi connectivity index (χ1n) is 7.71. The Morgan fingerprint density at radius 2 is 1.79 bits per heavy atom.